The number of rotatable bonds is 7. The second-order valence-electron chi connectivity index (χ2n) is 3.68. The highest BCUT2D eigenvalue weighted by molar-refractivity contribution is 7.85. The van der Waals surface area contributed by atoms with Gasteiger partial charge in [0.2, 0.25) is 5.91 Å². The molecule has 1 atom stereocenters. The number of methoxy groups -OCH3 is 1. The molecule has 1 rings (SSSR count). The molecule has 0 spiro atoms. The SMILES string of the molecule is COc1ccccc1NC(=O)CS(=O)CCCN. The van der Waals surface area contributed by atoms with E-state index < -0.39 is 10.8 Å². The standard InChI is InChI=1S/C12H18N2O3S/c1-17-11-6-3-2-5-10(11)14-12(15)9-18(16)8-4-7-13/h2-3,5-6H,4,7-9,13H2,1H3,(H,14,15). The molecule has 0 saturated heterocycles. The molecule has 3 N–H and O–H groups in total. The quantitative estimate of drug-likeness (QED) is 0.765. The molecule has 0 aliphatic rings. The summed E-state index contributed by atoms with van der Waals surface area (Å²) in [5.74, 6) is 0.738. The van der Waals surface area contributed by atoms with E-state index in [-0.39, 0.29) is 11.7 Å². The van der Waals surface area contributed by atoms with Crippen LogP contribution in [0.5, 0.6) is 5.75 Å². The Labute approximate surface area is 109 Å². The van der Waals surface area contributed by atoms with Gasteiger partial charge in [0, 0.05) is 16.6 Å². The van der Waals surface area contributed by atoms with E-state index in [9.17, 15) is 9.00 Å². The van der Waals surface area contributed by atoms with Crippen molar-refractivity contribution in [3.8, 4) is 5.75 Å². The summed E-state index contributed by atoms with van der Waals surface area (Å²) >= 11 is 0. The van der Waals surface area contributed by atoms with E-state index in [1.54, 1.807) is 18.2 Å². The topological polar surface area (TPSA) is 81.4 Å². The first-order valence-electron chi connectivity index (χ1n) is 5.65. The Morgan fingerprint density at radius 3 is 2.83 bits per heavy atom. The predicted octanol–water partition coefficient (Wildman–Crippen LogP) is 0.731. The second kappa shape index (κ2) is 7.84. The fourth-order valence-electron chi connectivity index (χ4n) is 1.40. The molecule has 0 aliphatic heterocycles. The molecule has 6 heteroatoms. The highest BCUT2D eigenvalue weighted by Crippen LogP contribution is 2.22. The predicted molar refractivity (Wildman–Crippen MR) is 73.2 cm³/mol. The number of hydrogen-bond donors (Lipinski definition) is 2. The Kier molecular flexibility index (Phi) is 6.38. The number of benzene rings is 1. The van der Waals surface area contributed by atoms with Gasteiger partial charge in [0.05, 0.1) is 12.8 Å². The molecule has 100 valence electrons. The van der Waals surface area contributed by atoms with Gasteiger partial charge in [0.25, 0.3) is 0 Å². The van der Waals surface area contributed by atoms with Crippen molar-refractivity contribution in [3.05, 3.63) is 24.3 Å². The van der Waals surface area contributed by atoms with Crippen molar-refractivity contribution in [3.63, 3.8) is 0 Å². The Balaban J connectivity index is 2.51. The fourth-order valence-corrected chi connectivity index (χ4v) is 2.39. The lowest BCUT2D eigenvalue weighted by Gasteiger charge is -2.09. The third-order valence-corrected chi connectivity index (χ3v) is 3.58. The number of hydrogen-bond acceptors (Lipinski definition) is 4. The zero-order valence-electron chi connectivity index (χ0n) is 10.3. The molecule has 1 amide bonds. The second-order valence-corrected chi connectivity index (χ2v) is 5.26. The van der Waals surface area contributed by atoms with Crippen LogP contribution < -0.4 is 15.8 Å². The Morgan fingerprint density at radius 2 is 2.17 bits per heavy atom. The smallest absolute Gasteiger partial charge is 0.237 e. The van der Waals surface area contributed by atoms with E-state index >= 15 is 0 Å². The molecule has 0 heterocycles. The van der Waals surface area contributed by atoms with Crippen LogP contribution in [0.3, 0.4) is 0 Å². The Morgan fingerprint density at radius 1 is 1.44 bits per heavy atom. The van der Waals surface area contributed by atoms with Crippen LogP contribution in [0.15, 0.2) is 24.3 Å². The summed E-state index contributed by atoms with van der Waals surface area (Å²) in [6.07, 6.45) is 0.661. The molecule has 0 aliphatic carbocycles. The van der Waals surface area contributed by atoms with Gasteiger partial charge in [-0.3, -0.25) is 9.00 Å². The van der Waals surface area contributed by atoms with Gasteiger partial charge in [-0.2, -0.15) is 0 Å². The normalized spacial score (nSPS) is 11.9. The number of carbonyl (C=O) groups excluding carboxylic acids is 1. The first-order chi connectivity index (χ1) is 8.67. The van der Waals surface area contributed by atoms with E-state index in [1.165, 1.54) is 7.11 Å². The molecule has 0 bridgehead atoms. The van der Waals surface area contributed by atoms with Crippen molar-refractivity contribution in [2.75, 3.05) is 30.5 Å². The summed E-state index contributed by atoms with van der Waals surface area (Å²) < 4.78 is 16.6. The Hall–Kier alpha value is -1.40. The fraction of sp³-hybridized carbons (Fsp3) is 0.417. The maximum Gasteiger partial charge on any atom is 0.237 e. The average molecular weight is 270 g/mol. The summed E-state index contributed by atoms with van der Waals surface area (Å²) in [4.78, 5) is 11.7. The maximum atomic E-state index is 11.7. The molecule has 0 radical (unpaired) electrons. The minimum Gasteiger partial charge on any atom is -0.495 e. The third-order valence-electron chi connectivity index (χ3n) is 2.25. The van der Waals surface area contributed by atoms with Gasteiger partial charge >= 0.3 is 0 Å². The lowest BCUT2D eigenvalue weighted by Crippen LogP contribution is -2.21. The van der Waals surface area contributed by atoms with Crippen LogP contribution in [0, 0.1) is 0 Å². The van der Waals surface area contributed by atoms with Crippen LogP contribution in [-0.2, 0) is 15.6 Å². The van der Waals surface area contributed by atoms with Gasteiger partial charge in [0.1, 0.15) is 11.5 Å². The molecule has 1 aromatic rings. The van der Waals surface area contributed by atoms with Crippen LogP contribution in [0.2, 0.25) is 0 Å². The van der Waals surface area contributed by atoms with E-state index in [1.807, 2.05) is 6.07 Å². The highest BCUT2D eigenvalue weighted by Gasteiger charge is 2.10. The van der Waals surface area contributed by atoms with E-state index in [0.717, 1.165) is 0 Å². The van der Waals surface area contributed by atoms with Crippen LogP contribution in [0.1, 0.15) is 6.42 Å². The van der Waals surface area contributed by atoms with Crippen molar-refractivity contribution in [2.45, 2.75) is 6.42 Å². The third kappa shape index (κ3) is 4.85. The van der Waals surface area contributed by atoms with Crippen molar-refractivity contribution < 1.29 is 13.7 Å². The van der Waals surface area contributed by atoms with Crippen LogP contribution in [0.25, 0.3) is 0 Å². The largest absolute Gasteiger partial charge is 0.495 e. The summed E-state index contributed by atoms with van der Waals surface area (Å²) in [6.45, 7) is 0.486. The minimum atomic E-state index is -1.17. The molecule has 5 nitrogen and oxygen atoms in total. The molecule has 1 unspecified atom stereocenters. The Bertz CT molecular complexity index is 424. The summed E-state index contributed by atoms with van der Waals surface area (Å²) in [5, 5.41) is 2.68. The van der Waals surface area contributed by atoms with Gasteiger partial charge in [-0.25, -0.2) is 0 Å². The van der Waals surface area contributed by atoms with Gasteiger partial charge < -0.3 is 15.8 Å². The molecule has 18 heavy (non-hydrogen) atoms. The molecular weight excluding hydrogens is 252 g/mol. The number of para-hydroxylation sites is 2. The molecule has 0 fully saturated rings. The van der Waals surface area contributed by atoms with Crippen molar-refractivity contribution in [2.24, 2.45) is 5.73 Å². The van der Waals surface area contributed by atoms with Crippen LogP contribution >= 0.6 is 0 Å². The van der Waals surface area contributed by atoms with Crippen LogP contribution in [-0.4, -0.2) is 35.3 Å². The highest BCUT2D eigenvalue weighted by atomic mass is 32.2. The van der Waals surface area contributed by atoms with Gasteiger partial charge in [-0.1, -0.05) is 12.1 Å². The molecule has 1 aromatic carbocycles. The summed E-state index contributed by atoms with van der Waals surface area (Å²) in [7, 11) is 0.367. The lowest BCUT2D eigenvalue weighted by atomic mass is 10.3. The summed E-state index contributed by atoms with van der Waals surface area (Å²) in [5.41, 5.74) is 5.90. The van der Waals surface area contributed by atoms with Gasteiger partial charge in [0.15, 0.2) is 0 Å². The minimum absolute atomic E-state index is 0.0158. The zero-order chi connectivity index (χ0) is 13.4. The number of nitrogens with one attached hydrogen (secondary N) is 1. The average Bonchev–Trinajstić information content (AvgIpc) is 2.36. The number of carbonyl (C=O) groups is 1. The first-order valence-corrected chi connectivity index (χ1v) is 7.14. The number of amides is 1. The van der Waals surface area contributed by atoms with Crippen molar-refractivity contribution >= 4 is 22.4 Å². The maximum absolute atomic E-state index is 11.7. The monoisotopic (exact) mass is 270 g/mol. The van der Waals surface area contributed by atoms with E-state index in [4.69, 9.17) is 10.5 Å². The number of nitrogens with two attached hydrogens (primary N) is 1. The molecule has 0 aromatic heterocycles. The molecule has 0 saturated carbocycles. The number of anilines is 1. The zero-order valence-corrected chi connectivity index (χ0v) is 11.2. The van der Waals surface area contributed by atoms with Crippen LogP contribution in [0.4, 0.5) is 5.69 Å². The van der Waals surface area contributed by atoms with Crippen molar-refractivity contribution in [1.29, 1.82) is 0 Å². The van der Waals surface area contributed by atoms with Crippen molar-refractivity contribution in [1.82, 2.24) is 0 Å². The lowest BCUT2D eigenvalue weighted by molar-refractivity contribution is -0.113. The van der Waals surface area contributed by atoms with E-state index in [0.29, 0.717) is 30.2 Å². The van der Waals surface area contributed by atoms with E-state index in [2.05, 4.69) is 5.32 Å². The van der Waals surface area contributed by atoms with Gasteiger partial charge in [-0.15, -0.1) is 0 Å². The first kappa shape index (κ1) is 14.7. The number of ether oxygens (including phenoxy) is 1. The van der Waals surface area contributed by atoms with Gasteiger partial charge in [-0.05, 0) is 25.1 Å². The molecular formula is C12H18N2O3S. The summed E-state index contributed by atoms with van der Waals surface area (Å²) in [6, 6.07) is 7.10.